The van der Waals surface area contributed by atoms with E-state index in [0.29, 0.717) is 17.3 Å². The fraction of sp³-hybridized carbons (Fsp3) is 0.278. The van der Waals surface area contributed by atoms with E-state index in [1.807, 2.05) is 31.2 Å². The lowest BCUT2D eigenvalue weighted by Gasteiger charge is -2.28. The van der Waals surface area contributed by atoms with Crippen molar-refractivity contribution in [1.82, 2.24) is 5.32 Å². The minimum absolute atomic E-state index is 0.336. The van der Waals surface area contributed by atoms with Crippen molar-refractivity contribution in [1.29, 1.82) is 0 Å². The van der Waals surface area contributed by atoms with Crippen molar-refractivity contribution in [2.45, 2.75) is 26.4 Å². The molecule has 0 aliphatic heterocycles. The van der Waals surface area contributed by atoms with Crippen LogP contribution in [0.3, 0.4) is 0 Å². The molecule has 1 amide bonds. The van der Waals surface area contributed by atoms with Gasteiger partial charge in [0.2, 0.25) is 15.9 Å². The molecule has 0 unspecified atom stereocenters. The summed E-state index contributed by atoms with van der Waals surface area (Å²) in [6.45, 7) is 3.85. The molecule has 0 fully saturated rings. The van der Waals surface area contributed by atoms with Crippen LogP contribution in [0.4, 0.5) is 5.69 Å². The summed E-state index contributed by atoms with van der Waals surface area (Å²) in [5.41, 5.74) is 2.40. The van der Waals surface area contributed by atoms with Gasteiger partial charge >= 0.3 is 0 Å². The maximum atomic E-state index is 12.5. The Balaban J connectivity index is 2.20. The van der Waals surface area contributed by atoms with Crippen molar-refractivity contribution < 1.29 is 13.2 Å². The van der Waals surface area contributed by atoms with Gasteiger partial charge in [-0.25, -0.2) is 8.42 Å². The number of hydrogen-bond donors (Lipinski definition) is 1. The van der Waals surface area contributed by atoms with Crippen LogP contribution in [0.15, 0.2) is 48.5 Å². The number of rotatable bonds is 6. The van der Waals surface area contributed by atoms with Gasteiger partial charge in [0.15, 0.2) is 0 Å². The summed E-state index contributed by atoms with van der Waals surface area (Å²) in [5, 5.41) is 3.20. The van der Waals surface area contributed by atoms with Crippen LogP contribution in [0.5, 0.6) is 0 Å². The Kier molecular flexibility index (Phi) is 6.08. The number of aryl methyl sites for hydroxylation is 1. The van der Waals surface area contributed by atoms with Crippen LogP contribution in [0, 0.1) is 6.92 Å². The average Bonchev–Trinajstić information content (AvgIpc) is 2.52. The Morgan fingerprint density at radius 1 is 1.20 bits per heavy atom. The van der Waals surface area contributed by atoms with Gasteiger partial charge in [-0.2, -0.15) is 0 Å². The normalized spacial score (nSPS) is 12.5. The van der Waals surface area contributed by atoms with Gasteiger partial charge < -0.3 is 5.32 Å². The van der Waals surface area contributed by atoms with E-state index in [4.69, 9.17) is 11.6 Å². The van der Waals surface area contributed by atoms with E-state index in [-0.39, 0.29) is 5.91 Å². The van der Waals surface area contributed by atoms with Crippen molar-refractivity contribution >= 4 is 33.2 Å². The lowest BCUT2D eigenvalue weighted by Crippen LogP contribution is -2.47. The Morgan fingerprint density at radius 3 is 2.48 bits per heavy atom. The van der Waals surface area contributed by atoms with Gasteiger partial charge in [0, 0.05) is 11.6 Å². The molecule has 0 spiro atoms. The second-order valence-electron chi connectivity index (χ2n) is 5.86. The molecule has 0 heterocycles. The molecule has 0 bridgehead atoms. The second-order valence-corrected chi connectivity index (χ2v) is 8.15. The standard InChI is InChI=1S/C18H21ClN2O3S/c1-13-7-4-5-8-15(13)12-20-18(22)14(2)21(25(3,23)24)17-10-6-9-16(19)11-17/h4-11,14H,12H2,1-3H3,(H,20,22)/t14-/m1/s1. The smallest absolute Gasteiger partial charge is 0.243 e. The number of benzene rings is 2. The minimum Gasteiger partial charge on any atom is -0.350 e. The highest BCUT2D eigenvalue weighted by Gasteiger charge is 2.29. The first-order valence-corrected chi connectivity index (χ1v) is 10.00. The predicted octanol–water partition coefficient (Wildman–Crippen LogP) is 3.12. The summed E-state index contributed by atoms with van der Waals surface area (Å²) in [6.07, 6.45) is 1.07. The zero-order valence-corrected chi connectivity index (χ0v) is 15.9. The molecule has 134 valence electrons. The van der Waals surface area contributed by atoms with Crippen LogP contribution in [0.25, 0.3) is 0 Å². The maximum Gasteiger partial charge on any atom is 0.243 e. The molecule has 1 N–H and O–H groups in total. The largest absolute Gasteiger partial charge is 0.350 e. The number of hydrogen-bond acceptors (Lipinski definition) is 3. The third-order valence-electron chi connectivity index (χ3n) is 3.87. The first kappa shape index (κ1) is 19.3. The average molecular weight is 381 g/mol. The van der Waals surface area contributed by atoms with Crippen molar-refractivity contribution in [3.8, 4) is 0 Å². The summed E-state index contributed by atoms with van der Waals surface area (Å²) in [6, 6.07) is 13.2. The number of nitrogens with one attached hydrogen (secondary N) is 1. The molecule has 0 aromatic heterocycles. The lowest BCUT2D eigenvalue weighted by atomic mass is 10.1. The highest BCUT2D eigenvalue weighted by molar-refractivity contribution is 7.92. The zero-order chi connectivity index (χ0) is 18.6. The van der Waals surface area contributed by atoms with E-state index in [9.17, 15) is 13.2 Å². The number of anilines is 1. The first-order chi connectivity index (χ1) is 11.7. The SMILES string of the molecule is Cc1ccccc1CNC(=O)[C@@H](C)N(c1cccc(Cl)c1)S(C)(=O)=O. The molecule has 0 saturated carbocycles. The fourth-order valence-corrected chi connectivity index (χ4v) is 3.91. The fourth-order valence-electron chi connectivity index (χ4n) is 2.56. The van der Waals surface area contributed by atoms with Crippen LogP contribution in [0.2, 0.25) is 5.02 Å². The summed E-state index contributed by atoms with van der Waals surface area (Å²) in [5.74, 6) is -0.381. The number of amides is 1. The zero-order valence-electron chi connectivity index (χ0n) is 14.4. The molecule has 0 aliphatic rings. The van der Waals surface area contributed by atoms with Crippen LogP contribution in [-0.2, 0) is 21.4 Å². The number of carbonyl (C=O) groups is 1. The van der Waals surface area contributed by atoms with E-state index in [1.54, 1.807) is 25.1 Å². The molecule has 2 rings (SSSR count). The molecule has 1 atom stereocenters. The molecule has 5 nitrogen and oxygen atoms in total. The molecule has 0 saturated heterocycles. The van der Waals surface area contributed by atoms with E-state index in [1.165, 1.54) is 6.07 Å². The number of nitrogens with zero attached hydrogens (tertiary/aromatic N) is 1. The van der Waals surface area contributed by atoms with Gasteiger partial charge in [0.05, 0.1) is 11.9 Å². The van der Waals surface area contributed by atoms with Crippen molar-refractivity contribution in [2.75, 3.05) is 10.6 Å². The van der Waals surface area contributed by atoms with Gasteiger partial charge in [0.25, 0.3) is 0 Å². The summed E-state index contributed by atoms with van der Waals surface area (Å²) >= 11 is 5.96. The number of sulfonamides is 1. The Hall–Kier alpha value is -2.05. The van der Waals surface area contributed by atoms with Gasteiger partial charge in [-0.3, -0.25) is 9.10 Å². The first-order valence-electron chi connectivity index (χ1n) is 7.77. The van der Waals surface area contributed by atoms with E-state index >= 15 is 0 Å². The molecule has 2 aromatic rings. The Bertz CT molecular complexity index is 868. The lowest BCUT2D eigenvalue weighted by molar-refractivity contribution is -0.122. The van der Waals surface area contributed by atoms with Crippen LogP contribution < -0.4 is 9.62 Å². The van der Waals surface area contributed by atoms with Crippen LogP contribution in [-0.4, -0.2) is 26.6 Å². The van der Waals surface area contributed by atoms with Gasteiger partial charge in [-0.1, -0.05) is 41.9 Å². The monoisotopic (exact) mass is 380 g/mol. The van der Waals surface area contributed by atoms with Gasteiger partial charge in [-0.05, 0) is 43.2 Å². The molecule has 0 aliphatic carbocycles. The molecule has 0 radical (unpaired) electrons. The maximum absolute atomic E-state index is 12.5. The quantitative estimate of drug-likeness (QED) is 0.837. The van der Waals surface area contributed by atoms with Gasteiger partial charge in [-0.15, -0.1) is 0 Å². The number of carbonyl (C=O) groups excluding carboxylic acids is 1. The molecular weight excluding hydrogens is 360 g/mol. The minimum atomic E-state index is -3.66. The van der Waals surface area contributed by atoms with Crippen molar-refractivity contribution in [3.05, 3.63) is 64.7 Å². The van der Waals surface area contributed by atoms with E-state index in [2.05, 4.69) is 5.32 Å². The van der Waals surface area contributed by atoms with E-state index < -0.39 is 16.1 Å². The highest BCUT2D eigenvalue weighted by atomic mass is 35.5. The second kappa shape index (κ2) is 7.89. The Labute approximate surface area is 153 Å². The summed E-state index contributed by atoms with van der Waals surface area (Å²) in [4.78, 5) is 12.5. The third-order valence-corrected chi connectivity index (χ3v) is 5.34. The predicted molar refractivity (Wildman–Crippen MR) is 101 cm³/mol. The Morgan fingerprint density at radius 2 is 1.88 bits per heavy atom. The van der Waals surface area contributed by atoms with Gasteiger partial charge in [0.1, 0.15) is 6.04 Å². The van der Waals surface area contributed by atoms with Crippen LogP contribution >= 0.6 is 11.6 Å². The summed E-state index contributed by atoms with van der Waals surface area (Å²) in [7, 11) is -3.66. The molecular formula is C18H21ClN2O3S. The molecule has 7 heteroatoms. The number of halogens is 1. The topological polar surface area (TPSA) is 66.5 Å². The van der Waals surface area contributed by atoms with Crippen molar-refractivity contribution in [2.24, 2.45) is 0 Å². The van der Waals surface area contributed by atoms with Crippen LogP contribution in [0.1, 0.15) is 18.1 Å². The van der Waals surface area contributed by atoms with Crippen molar-refractivity contribution in [3.63, 3.8) is 0 Å². The van der Waals surface area contributed by atoms with E-state index in [0.717, 1.165) is 21.7 Å². The summed E-state index contributed by atoms with van der Waals surface area (Å²) < 4.78 is 25.5. The molecule has 25 heavy (non-hydrogen) atoms. The highest BCUT2D eigenvalue weighted by Crippen LogP contribution is 2.24. The third kappa shape index (κ3) is 4.96. The molecule has 2 aromatic carbocycles.